The van der Waals surface area contributed by atoms with Gasteiger partial charge in [0.1, 0.15) is 0 Å². The van der Waals surface area contributed by atoms with E-state index in [1.807, 2.05) is 12.1 Å². The van der Waals surface area contributed by atoms with E-state index in [1.54, 1.807) is 0 Å². The smallest absolute Gasteiger partial charge is 0.0479 e. The number of hydrogen-bond donors (Lipinski definition) is 0. The fraction of sp³-hybridized carbons (Fsp3) is 0.200. The third-order valence-corrected chi connectivity index (χ3v) is 7.76. The van der Waals surface area contributed by atoms with E-state index >= 15 is 0 Å². The summed E-state index contributed by atoms with van der Waals surface area (Å²) in [6.07, 6.45) is 1.90. The molecule has 0 heterocycles. The molecule has 0 N–H and O–H groups in total. The molecular formula is C30H28Br2O. The summed E-state index contributed by atoms with van der Waals surface area (Å²) in [5, 5.41) is 0. The summed E-state index contributed by atoms with van der Waals surface area (Å²) in [6, 6.07) is 38.5. The Morgan fingerprint density at radius 2 is 0.788 bits per heavy atom. The largest absolute Gasteiger partial charge is 0.381 e. The van der Waals surface area contributed by atoms with E-state index in [9.17, 15) is 0 Å². The molecule has 0 spiro atoms. The lowest BCUT2D eigenvalue weighted by Gasteiger charge is -2.14. The second kappa shape index (κ2) is 12.3. The zero-order valence-electron chi connectivity index (χ0n) is 18.5. The number of halogens is 2. The van der Waals surface area contributed by atoms with Gasteiger partial charge in [0, 0.05) is 22.9 Å². The summed E-state index contributed by atoms with van der Waals surface area (Å²) in [7, 11) is 0. The first-order chi connectivity index (χ1) is 16.2. The van der Waals surface area contributed by atoms with Crippen molar-refractivity contribution >= 4 is 31.9 Å². The van der Waals surface area contributed by atoms with Gasteiger partial charge in [-0.2, -0.15) is 0 Å². The number of benzene rings is 4. The van der Waals surface area contributed by atoms with Gasteiger partial charge in [0.15, 0.2) is 0 Å². The maximum atomic E-state index is 5.94. The molecule has 168 valence electrons. The third-order valence-electron chi connectivity index (χ3n) is 5.79. The molecule has 2 atom stereocenters. The fourth-order valence-corrected chi connectivity index (χ4v) is 4.82. The van der Waals surface area contributed by atoms with Crippen LogP contribution in [-0.4, -0.2) is 13.2 Å². The normalized spacial score (nSPS) is 12.9. The third kappa shape index (κ3) is 6.89. The first-order valence-corrected chi connectivity index (χ1v) is 13.2. The second-order valence-corrected chi connectivity index (χ2v) is 10.3. The minimum absolute atomic E-state index is 0.299. The van der Waals surface area contributed by atoms with Crippen LogP contribution in [0.4, 0.5) is 0 Å². The molecule has 0 aromatic heterocycles. The molecule has 4 rings (SSSR count). The molecule has 0 aliphatic carbocycles. The van der Waals surface area contributed by atoms with Crippen molar-refractivity contribution < 1.29 is 4.74 Å². The highest BCUT2D eigenvalue weighted by Gasteiger charge is 2.10. The van der Waals surface area contributed by atoms with E-state index in [-0.39, 0.29) is 0 Å². The molecule has 4 aromatic carbocycles. The van der Waals surface area contributed by atoms with Crippen LogP contribution in [0.2, 0.25) is 0 Å². The molecule has 3 heteroatoms. The van der Waals surface area contributed by atoms with E-state index in [4.69, 9.17) is 4.74 Å². The lowest BCUT2D eigenvalue weighted by molar-refractivity contribution is 0.129. The number of alkyl halides is 2. The Morgan fingerprint density at radius 1 is 0.455 bits per heavy atom. The Bertz CT molecular complexity index is 1000. The van der Waals surface area contributed by atoms with Crippen molar-refractivity contribution in [2.24, 2.45) is 0 Å². The molecular weight excluding hydrogens is 536 g/mol. The molecule has 4 aromatic rings. The van der Waals surface area contributed by atoms with E-state index in [1.165, 1.54) is 33.4 Å². The summed E-state index contributed by atoms with van der Waals surface area (Å²) >= 11 is 7.64. The van der Waals surface area contributed by atoms with Crippen LogP contribution < -0.4 is 0 Å². The van der Waals surface area contributed by atoms with Crippen molar-refractivity contribution in [1.82, 2.24) is 0 Å². The summed E-state index contributed by atoms with van der Waals surface area (Å²) in [6.45, 7) is 1.48. The summed E-state index contributed by atoms with van der Waals surface area (Å²) in [5.41, 5.74) is 7.56. The molecule has 0 aliphatic rings. The summed E-state index contributed by atoms with van der Waals surface area (Å²) in [4.78, 5) is 0.597. The van der Waals surface area contributed by atoms with Crippen LogP contribution in [0.15, 0.2) is 109 Å². The lowest BCUT2D eigenvalue weighted by atomic mass is 10.0. The highest BCUT2D eigenvalue weighted by molar-refractivity contribution is 9.09. The fourth-order valence-electron chi connectivity index (χ4n) is 3.84. The van der Waals surface area contributed by atoms with Crippen LogP contribution in [-0.2, 0) is 4.74 Å². The summed E-state index contributed by atoms with van der Waals surface area (Å²) < 4.78 is 5.94. The predicted octanol–water partition coefficient (Wildman–Crippen LogP) is 9.39. The standard InChI is InChI=1S/C30H28Br2O/c31-29(27-15-11-25(12-16-27)23-7-3-1-4-8-23)19-21-33-22-20-30(32)28-17-13-26(14-18-28)24-9-5-2-6-10-24/h1-18,29-30H,19-22H2. The van der Waals surface area contributed by atoms with Gasteiger partial charge in [0.2, 0.25) is 0 Å². The van der Waals surface area contributed by atoms with Crippen molar-refractivity contribution in [3.63, 3.8) is 0 Å². The van der Waals surface area contributed by atoms with Gasteiger partial charge in [0.25, 0.3) is 0 Å². The van der Waals surface area contributed by atoms with E-state index < -0.39 is 0 Å². The first kappa shape index (κ1) is 23.9. The van der Waals surface area contributed by atoms with Crippen molar-refractivity contribution in [2.75, 3.05) is 13.2 Å². The Labute approximate surface area is 214 Å². The maximum absolute atomic E-state index is 5.94. The van der Waals surface area contributed by atoms with Gasteiger partial charge in [-0.3, -0.25) is 0 Å². The molecule has 2 unspecified atom stereocenters. The van der Waals surface area contributed by atoms with Crippen LogP contribution in [0, 0.1) is 0 Å². The molecule has 0 amide bonds. The summed E-state index contributed by atoms with van der Waals surface area (Å²) in [5.74, 6) is 0. The molecule has 33 heavy (non-hydrogen) atoms. The average Bonchev–Trinajstić information content (AvgIpc) is 2.89. The molecule has 0 bridgehead atoms. The molecule has 0 saturated heterocycles. The van der Waals surface area contributed by atoms with Gasteiger partial charge in [-0.1, -0.05) is 141 Å². The maximum Gasteiger partial charge on any atom is 0.0479 e. The molecule has 0 aliphatic heterocycles. The topological polar surface area (TPSA) is 9.23 Å². The minimum Gasteiger partial charge on any atom is -0.381 e. The number of ether oxygens (including phenoxy) is 1. The SMILES string of the molecule is BrC(CCOCCC(Br)c1ccc(-c2ccccc2)cc1)c1ccc(-c2ccccc2)cc1. The van der Waals surface area contributed by atoms with Gasteiger partial charge in [-0.05, 0) is 46.2 Å². The van der Waals surface area contributed by atoms with Crippen molar-refractivity contribution in [2.45, 2.75) is 22.5 Å². The van der Waals surface area contributed by atoms with Gasteiger partial charge in [0.05, 0.1) is 0 Å². The van der Waals surface area contributed by atoms with E-state index in [2.05, 4.69) is 129 Å². The number of rotatable bonds is 10. The molecule has 0 saturated carbocycles. The van der Waals surface area contributed by atoms with E-state index in [0.717, 1.165) is 26.1 Å². The molecule has 0 fully saturated rings. The number of hydrogen-bond acceptors (Lipinski definition) is 1. The van der Waals surface area contributed by atoms with Crippen LogP contribution in [0.3, 0.4) is 0 Å². The van der Waals surface area contributed by atoms with Crippen LogP contribution in [0.5, 0.6) is 0 Å². The zero-order valence-corrected chi connectivity index (χ0v) is 21.7. The zero-order chi connectivity index (χ0) is 22.9. The predicted molar refractivity (Wildman–Crippen MR) is 147 cm³/mol. The Morgan fingerprint density at radius 3 is 1.15 bits per heavy atom. The molecule has 1 nitrogen and oxygen atoms in total. The second-order valence-electron chi connectivity index (χ2n) is 8.10. The van der Waals surface area contributed by atoms with Crippen molar-refractivity contribution in [3.05, 3.63) is 120 Å². The van der Waals surface area contributed by atoms with Crippen LogP contribution in [0.25, 0.3) is 22.3 Å². The average molecular weight is 564 g/mol. The van der Waals surface area contributed by atoms with Crippen LogP contribution in [0.1, 0.15) is 33.6 Å². The van der Waals surface area contributed by atoms with Crippen LogP contribution >= 0.6 is 31.9 Å². The first-order valence-electron chi connectivity index (χ1n) is 11.4. The van der Waals surface area contributed by atoms with E-state index in [0.29, 0.717) is 9.65 Å². The Hall–Kier alpha value is -2.20. The Kier molecular flexibility index (Phi) is 8.93. The molecule has 0 radical (unpaired) electrons. The van der Waals surface area contributed by atoms with Crippen molar-refractivity contribution in [3.8, 4) is 22.3 Å². The van der Waals surface area contributed by atoms with Gasteiger partial charge in [-0.25, -0.2) is 0 Å². The lowest BCUT2D eigenvalue weighted by Crippen LogP contribution is -2.03. The quantitative estimate of drug-likeness (QED) is 0.138. The van der Waals surface area contributed by atoms with Gasteiger partial charge < -0.3 is 4.74 Å². The minimum atomic E-state index is 0.299. The highest BCUT2D eigenvalue weighted by atomic mass is 79.9. The van der Waals surface area contributed by atoms with Gasteiger partial charge in [-0.15, -0.1) is 0 Å². The monoisotopic (exact) mass is 562 g/mol. The van der Waals surface area contributed by atoms with Crippen molar-refractivity contribution in [1.29, 1.82) is 0 Å². The van der Waals surface area contributed by atoms with Gasteiger partial charge >= 0.3 is 0 Å². The highest BCUT2D eigenvalue weighted by Crippen LogP contribution is 2.30. The Balaban J connectivity index is 1.18.